The van der Waals surface area contributed by atoms with Crippen LogP contribution in [0.25, 0.3) is 5.82 Å². The summed E-state index contributed by atoms with van der Waals surface area (Å²) >= 11 is 5.96. The van der Waals surface area contributed by atoms with E-state index >= 15 is 0 Å². The Balaban J connectivity index is 1.88. The fraction of sp³-hybridized carbons (Fsp3) is 0.0625. The second-order valence-corrected chi connectivity index (χ2v) is 5.22. The largest absolute Gasteiger partial charge is 0.321 e. The molecule has 0 aliphatic carbocycles. The number of anilines is 1. The van der Waals surface area contributed by atoms with Gasteiger partial charge in [0.05, 0.1) is 6.20 Å². The highest BCUT2D eigenvalue weighted by Crippen LogP contribution is 2.15. The van der Waals surface area contributed by atoms with Crippen molar-refractivity contribution in [3.8, 4) is 5.82 Å². The van der Waals surface area contributed by atoms with Crippen molar-refractivity contribution < 1.29 is 4.79 Å². The maximum atomic E-state index is 12.4. The number of benzene rings is 1. The van der Waals surface area contributed by atoms with Gasteiger partial charge in [0.15, 0.2) is 5.82 Å². The van der Waals surface area contributed by atoms with Crippen molar-refractivity contribution in [1.82, 2.24) is 14.8 Å². The third-order valence-corrected chi connectivity index (χ3v) is 3.34. The van der Waals surface area contributed by atoms with E-state index in [-0.39, 0.29) is 5.91 Å². The molecule has 0 unspecified atom stereocenters. The van der Waals surface area contributed by atoms with E-state index in [1.54, 1.807) is 30.6 Å². The van der Waals surface area contributed by atoms with Gasteiger partial charge < -0.3 is 5.32 Å². The molecule has 1 aromatic carbocycles. The van der Waals surface area contributed by atoms with Gasteiger partial charge in [0.25, 0.3) is 5.91 Å². The number of halogens is 1. The molecule has 0 saturated carbocycles. The quantitative estimate of drug-likeness (QED) is 0.805. The van der Waals surface area contributed by atoms with E-state index in [9.17, 15) is 4.79 Å². The smallest absolute Gasteiger partial charge is 0.274 e. The van der Waals surface area contributed by atoms with Crippen molar-refractivity contribution >= 4 is 23.2 Å². The maximum absolute atomic E-state index is 12.4. The first-order valence-corrected chi connectivity index (χ1v) is 7.05. The number of nitrogens with one attached hydrogen (secondary N) is 1. The molecule has 1 N–H and O–H groups in total. The summed E-state index contributed by atoms with van der Waals surface area (Å²) in [5.41, 5.74) is 2.24. The molecule has 0 bridgehead atoms. The molecule has 5 nitrogen and oxygen atoms in total. The SMILES string of the molecule is Cc1ccc(NC(=O)c2ccnn2-c2cc(Cl)ccn2)cc1. The molecule has 6 heteroatoms. The Bertz CT molecular complexity index is 811. The van der Waals surface area contributed by atoms with Gasteiger partial charge in [-0.15, -0.1) is 0 Å². The van der Waals surface area contributed by atoms with Gasteiger partial charge in [-0.25, -0.2) is 9.67 Å². The highest BCUT2D eigenvalue weighted by molar-refractivity contribution is 6.30. The van der Waals surface area contributed by atoms with Crippen molar-refractivity contribution in [2.24, 2.45) is 0 Å². The van der Waals surface area contributed by atoms with Crippen molar-refractivity contribution in [2.75, 3.05) is 5.32 Å². The zero-order valence-electron chi connectivity index (χ0n) is 11.8. The van der Waals surface area contributed by atoms with Crippen LogP contribution in [-0.2, 0) is 0 Å². The minimum Gasteiger partial charge on any atom is -0.321 e. The van der Waals surface area contributed by atoms with E-state index in [1.807, 2.05) is 31.2 Å². The van der Waals surface area contributed by atoms with Crippen LogP contribution in [0.5, 0.6) is 0 Å². The van der Waals surface area contributed by atoms with Crippen LogP contribution in [0, 0.1) is 6.92 Å². The van der Waals surface area contributed by atoms with Gasteiger partial charge in [-0.2, -0.15) is 5.10 Å². The molecule has 0 radical (unpaired) electrons. The Morgan fingerprint density at radius 1 is 1.14 bits per heavy atom. The third-order valence-electron chi connectivity index (χ3n) is 3.11. The lowest BCUT2D eigenvalue weighted by Crippen LogP contribution is -2.17. The highest BCUT2D eigenvalue weighted by Gasteiger charge is 2.14. The van der Waals surface area contributed by atoms with E-state index < -0.39 is 0 Å². The summed E-state index contributed by atoms with van der Waals surface area (Å²) in [7, 11) is 0. The van der Waals surface area contributed by atoms with Crippen LogP contribution in [0.4, 0.5) is 5.69 Å². The second-order valence-electron chi connectivity index (χ2n) is 4.78. The maximum Gasteiger partial charge on any atom is 0.274 e. The Kier molecular flexibility index (Phi) is 3.89. The number of rotatable bonds is 3. The van der Waals surface area contributed by atoms with E-state index in [1.165, 1.54) is 4.68 Å². The average Bonchev–Trinajstić information content (AvgIpc) is 2.99. The molecule has 2 aromatic heterocycles. The molecule has 0 atom stereocenters. The highest BCUT2D eigenvalue weighted by atomic mass is 35.5. The normalized spacial score (nSPS) is 10.5. The lowest BCUT2D eigenvalue weighted by Gasteiger charge is -2.08. The Morgan fingerprint density at radius 2 is 1.91 bits per heavy atom. The molecule has 0 saturated heterocycles. The van der Waals surface area contributed by atoms with Crippen LogP contribution in [0.2, 0.25) is 5.02 Å². The summed E-state index contributed by atoms with van der Waals surface area (Å²) in [6, 6.07) is 12.5. The first-order chi connectivity index (χ1) is 10.6. The average molecular weight is 313 g/mol. The van der Waals surface area contributed by atoms with Gasteiger partial charge in [0, 0.05) is 23.0 Å². The zero-order chi connectivity index (χ0) is 15.5. The molecular formula is C16H13ClN4O. The van der Waals surface area contributed by atoms with E-state index in [0.717, 1.165) is 11.3 Å². The summed E-state index contributed by atoms with van der Waals surface area (Å²) < 4.78 is 1.45. The van der Waals surface area contributed by atoms with Crippen molar-refractivity contribution in [1.29, 1.82) is 0 Å². The number of aryl methyl sites for hydroxylation is 1. The van der Waals surface area contributed by atoms with Crippen LogP contribution < -0.4 is 5.32 Å². The Labute approximate surface area is 132 Å². The van der Waals surface area contributed by atoms with Gasteiger partial charge in [-0.3, -0.25) is 4.79 Å². The molecular weight excluding hydrogens is 300 g/mol. The van der Waals surface area contributed by atoms with Crippen LogP contribution >= 0.6 is 11.6 Å². The summed E-state index contributed by atoms with van der Waals surface area (Å²) in [5.74, 6) is 0.231. The zero-order valence-corrected chi connectivity index (χ0v) is 12.6. The van der Waals surface area contributed by atoms with E-state index in [0.29, 0.717) is 16.5 Å². The van der Waals surface area contributed by atoms with Gasteiger partial charge in [0.1, 0.15) is 5.69 Å². The Morgan fingerprint density at radius 3 is 2.64 bits per heavy atom. The van der Waals surface area contributed by atoms with Crippen molar-refractivity contribution in [2.45, 2.75) is 6.92 Å². The van der Waals surface area contributed by atoms with Crippen molar-refractivity contribution in [3.05, 3.63) is 71.1 Å². The molecule has 1 amide bonds. The number of hydrogen-bond donors (Lipinski definition) is 1. The van der Waals surface area contributed by atoms with Crippen LogP contribution in [-0.4, -0.2) is 20.7 Å². The lowest BCUT2D eigenvalue weighted by atomic mass is 10.2. The molecule has 2 heterocycles. The summed E-state index contributed by atoms with van der Waals surface area (Å²) in [4.78, 5) is 16.6. The lowest BCUT2D eigenvalue weighted by molar-refractivity contribution is 0.101. The number of amides is 1. The Hall–Kier alpha value is -2.66. The molecule has 3 aromatic rings. The van der Waals surface area contributed by atoms with Crippen LogP contribution in [0.3, 0.4) is 0 Å². The molecule has 3 rings (SSSR count). The van der Waals surface area contributed by atoms with Gasteiger partial charge in [-0.05, 0) is 31.2 Å². The molecule has 22 heavy (non-hydrogen) atoms. The number of aromatic nitrogens is 3. The minimum atomic E-state index is -0.261. The first-order valence-electron chi connectivity index (χ1n) is 6.67. The summed E-state index contributed by atoms with van der Waals surface area (Å²) in [6.07, 6.45) is 3.12. The topological polar surface area (TPSA) is 59.8 Å². The monoisotopic (exact) mass is 312 g/mol. The molecule has 0 aliphatic heterocycles. The van der Waals surface area contributed by atoms with Crippen LogP contribution in [0.1, 0.15) is 16.1 Å². The van der Waals surface area contributed by atoms with Crippen LogP contribution in [0.15, 0.2) is 54.9 Å². The third kappa shape index (κ3) is 2.99. The fourth-order valence-corrected chi connectivity index (χ4v) is 2.15. The van der Waals surface area contributed by atoms with Crippen molar-refractivity contribution in [3.63, 3.8) is 0 Å². The van der Waals surface area contributed by atoms with E-state index in [4.69, 9.17) is 11.6 Å². The predicted octanol–water partition coefficient (Wildman–Crippen LogP) is 3.48. The number of carbonyl (C=O) groups is 1. The van der Waals surface area contributed by atoms with Gasteiger partial charge >= 0.3 is 0 Å². The molecule has 0 fully saturated rings. The van der Waals surface area contributed by atoms with Gasteiger partial charge in [0.2, 0.25) is 0 Å². The molecule has 110 valence electrons. The second kappa shape index (κ2) is 5.99. The fourth-order valence-electron chi connectivity index (χ4n) is 2.00. The standard InChI is InChI=1S/C16H13ClN4O/c1-11-2-4-13(5-3-11)20-16(22)14-7-9-19-21(14)15-10-12(17)6-8-18-15/h2-10H,1H3,(H,20,22). The van der Waals surface area contributed by atoms with Gasteiger partial charge in [-0.1, -0.05) is 29.3 Å². The van der Waals surface area contributed by atoms with E-state index in [2.05, 4.69) is 15.4 Å². The summed E-state index contributed by atoms with van der Waals surface area (Å²) in [5, 5.41) is 7.51. The number of hydrogen-bond acceptors (Lipinski definition) is 3. The molecule has 0 spiro atoms. The number of pyridine rings is 1. The summed E-state index contributed by atoms with van der Waals surface area (Å²) in [6.45, 7) is 1.99. The molecule has 0 aliphatic rings. The minimum absolute atomic E-state index is 0.261. The number of carbonyl (C=O) groups excluding carboxylic acids is 1. The predicted molar refractivity (Wildman–Crippen MR) is 85.5 cm³/mol. The first kappa shape index (κ1) is 14.3. The number of nitrogens with zero attached hydrogens (tertiary/aromatic N) is 3.